The van der Waals surface area contributed by atoms with Gasteiger partial charge in [-0.15, -0.1) is 0 Å². The number of halogens is 1. The highest BCUT2D eigenvalue weighted by Gasteiger charge is 2.22. The summed E-state index contributed by atoms with van der Waals surface area (Å²) < 4.78 is 5.91. The van der Waals surface area contributed by atoms with Gasteiger partial charge < -0.3 is 10.1 Å². The van der Waals surface area contributed by atoms with Gasteiger partial charge in [-0.2, -0.15) is 5.26 Å². The molecule has 0 aromatic heterocycles. The number of ether oxygens (including phenoxy) is 1. The second-order valence-corrected chi connectivity index (χ2v) is 5.85. The van der Waals surface area contributed by atoms with E-state index in [2.05, 4.69) is 27.3 Å². The van der Waals surface area contributed by atoms with E-state index in [1.807, 2.05) is 0 Å². The van der Waals surface area contributed by atoms with E-state index in [1.54, 1.807) is 25.3 Å². The highest BCUT2D eigenvalue weighted by Crippen LogP contribution is 2.26. The fraction of sp³-hybridized carbons (Fsp3) is 0.467. The maximum Gasteiger partial charge on any atom is 0.251 e. The molecule has 1 fully saturated rings. The van der Waals surface area contributed by atoms with Gasteiger partial charge in [-0.3, -0.25) is 4.79 Å². The minimum absolute atomic E-state index is 0.0752. The van der Waals surface area contributed by atoms with Crippen LogP contribution in [0.3, 0.4) is 0 Å². The Morgan fingerprint density at radius 2 is 2.10 bits per heavy atom. The van der Waals surface area contributed by atoms with Gasteiger partial charge in [-0.25, -0.2) is 0 Å². The topological polar surface area (TPSA) is 62.1 Å². The first kappa shape index (κ1) is 14.9. The number of nitrogens with zero attached hydrogens (tertiary/aromatic N) is 1. The Labute approximate surface area is 127 Å². The molecule has 1 N–H and O–H groups in total. The number of carbonyl (C=O) groups is 1. The largest absolute Gasteiger partial charge is 0.496 e. The van der Waals surface area contributed by atoms with E-state index in [1.165, 1.54) is 0 Å². The van der Waals surface area contributed by atoms with Crippen molar-refractivity contribution in [2.75, 3.05) is 7.11 Å². The molecule has 0 atom stereocenters. The number of nitrogens with one attached hydrogen (secondary N) is 1. The second-order valence-electron chi connectivity index (χ2n) is 5.00. The Morgan fingerprint density at radius 1 is 1.40 bits per heavy atom. The Hall–Kier alpha value is -1.54. The molecule has 1 aromatic carbocycles. The van der Waals surface area contributed by atoms with Crippen molar-refractivity contribution in [3.8, 4) is 11.8 Å². The van der Waals surface area contributed by atoms with Gasteiger partial charge in [-0.05, 0) is 59.8 Å². The maximum absolute atomic E-state index is 12.2. The number of benzene rings is 1. The van der Waals surface area contributed by atoms with Gasteiger partial charge in [0, 0.05) is 17.5 Å². The van der Waals surface area contributed by atoms with E-state index in [0.717, 1.165) is 30.2 Å². The zero-order valence-electron chi connectivity index (χ0n) is 11.4. The molecule has 20 heavy (non-hydrogen) atoms. The summed E-state index contributed by atoms with van der Waals surface area (Å²) in [6.45, 7) is 0. The van der Waals surface area contributed by atoms with Gasteiger partial charge in [0.15, 0.2) is 0 Å². The van der Waals surface area contributed by atoms with Gasteiger partial charge in [0.2, 0.25) is 0 Å². The summed E-state index contributed by atoms with van der Waals surface area (Å²) in [5.74, 6) is 0.781. The molecule has 1 aromatic rings. The Bertz CT molecular complexity index is 531. The fourth-order valence-corrected chi connectivity index (χ4v) is 2.98. The molecular formula is C15H17BrN2O2. The highest BCUT2D eigenvalue weighted by molar-refractivity contribution is 9.10. The third-order valence-electron chi connectivity index (χ3n) is 3.66. The van der Waals surface area contributed by atoms with Crippen molar-refractivity contribution in [1.29, 1.82) is 5.26 Å². The number of rotatable bonds is 3. The van der Waals surface area contributed by atoms with Crippen LogP contribution in [0.1, 0.15) is 36.0 Å². The number of hydrogen-bond acceptors (Lipinski definition) is 3. The van der Waals surface area contributed by atoms with Crippen LogP contribution in [0.4, 0.5) is 0 Å². The lowest BCUT2D eigenvalue weighted by Gasteiger charge is -2.25. The first-order valence-corrected chi connectivity index (χ1v) is 7.47. The molecule has 0 unspecified atom stereocenters. The third-order valence-corrected chi connectivity index (χ3v) is 4.28. The normalized spacial score (nSPS) is 21.9. The smallest absolute Gasteiger partial charge is 0.251 e. The van der Waals surface area contributed by atoms with Gasteiger partial charge in [0.05, 0.1) is 17.7 Å². The van der Waals surface area contributed by atoms with Crippen LogP contribution in [-0.4, -0.2) is 19.1 Å². The molecule has 0 radical (unpaired) electrons. The van der Waals surface area contributed by atoms with Crippen molar-refractivity contribution >= 4 is 21.8 Å². The number of hydrogen-bond donors (Lipinski definition) is 1. The molecule has 0 saturated heterocycles. The summed E-state index contributed by atoms with van der Waals surface area (Å²) in [7, 11) is 1.59. The van der Waals surface area contributed by atoms with Crippen LogP contribution >= 0.6 is 15.9 Å². The van der Waals surface area contributed by atoms with Crippen LogP contribution in [-0.2, 0) is 0 Å². The van der Waals surface area contributed by atoms with E-state index < -0.39 is 0 Å². The molecule has 0 aliphatic heterocycles. The molecular weight excluding hydrogens is 320 g/mol. The van der Waals surface area contributed by atoms with Gasteiger partial charge >= 0.3 is 0 Å². The Kier molecular flexibility index (Phi) is 5.02. The quantitative estimate of drug-likeness (QED) is 0.921. The number of nitriles is 1. The predicted octanol–water partition coefficient (Wildman–Crippen LogP) is 3.27. The maximum atomic E-state index is 12.2. The van der Waals surface area contributed by atoms with Crippen molar-refractivity contribution in [3.63, 3.8) is 0 Å². The zero-order valence-corrected chi connectivity index (χ0v) is 12.9. The first-order valence-electron chi connectivity index (χ1n) is 6.68. The summed E-state index contributed by atoms with van der Waals surface area (Å²) in [6.07, 6.45) is 3.49. The highest BCUT2D eigenvalue weighted by atomic mass is 79.9. The molecule has 1 saturated carbocycles. The molecule has 1 aliphatic rings. The molecule has 0 spiro atoms. The average Bonchev–Trinajstić information content (AvgIpc) is 2.48. The summed E-state index contributed by atoms with van der Waals surface area (Å²) >= 11 is 3.38. The van der Waals surface area contributed by atoms with Gasteiger partial charge in [0.1, 0.15) is 5.75 Å². The lowest BCUT2D eigenvalue weighted by Crippen LogP contribution is -2.37. The van der Waals surface area contributed by atoms with Crippen molar-refractivity contribution in [1.82, 2.24) is 5.32 Å². The minimum Gasteiger partial charge on any atom is -0.496 e. The molecule has 0 heterocycles. The van der Waals surface area contributed by atoms with Crippen LogP contribution in [0.2, 0.25) is 0 Å². The van der Waals surface area contributed by atoms with E-state index >= 15 is 0 Å². The second kappa shape index (κ2) is 6.76. The lowest BCUT2D eigenvalue weighted by molar-refractivity contribution is 0.0925. The number of methoxy groups -OCH3 is 1. The van der Waals surface area contributed by atoms with Crippen molar-refractivity contribution in [3.05, 3.63) is 28.2 Å². The average molecular weight is 337 g/mol. The van der Waals surface area contributed by atoms with Crippen LogP contribution in [0.25, 0.3) is 0 Å². The lowest BCUT2D eigenvalue weighted by atomic mass is 9.87. The van der Waals surface area contributed by atoms with Gasteiger partial charge in [0.25, 0.3) is 5.91 Å². The molecule has 2 rings (SSSR count). The SMILES string of the molecule is COc1ccc(C(=O)NC2CCC(C#N)CC2)cc1Br. The number of amides is 1. The predicted molar refractivity (Wildman–Crippen MR) is 79.5 cm³/mol. The Balaban J connectivity index is 1.95. The van der Waals surface area contributed by atoms with Crippen LogP contribution in [0.15, 0.2) is 22.7 Å². The third kappa shape index (κ3) is 3.51. The van der Waals surface area contributed by atoms with Gasteiger partial charge in [-0.1, -0.05) is 0 Å². The van der Waals surface area contributed by atoms with E-state index in [4.69, 9.17) is 10.00 Å². The molecule has 4 nitrogen and oxygen atoms in total. The van der Waals surface area contributed by atoms with Crippen LogP contribution in [0.5, 0.6) is 5.75 Å². The summed E-state index contributed by atoms with van der Waals surface area (Å²) in [4.78, 5) is 12.2. The number of carbonyl (C=O) groups excluding carboxylic acids is 1. The van der Waals surface area contributed by atoms with E-state index in [-0.39, 0.29) is 17.9 Å². The molecule has 0 bridgehead atoms. The standard InChI is InChI=1S/C15H17BrN2O2/c1-20-14-7-4-11(8-13(14)16)15(19)18-12-5-2-10(9-17)3-6-12/h4,7-8,10,12H,2-3,5-6H2,1H3,(H,18,19). The minimum atomic E-state index is -0.0752. The monoisotopic (exact) mass is 336 g/mol. The Morgan fingerprint density at radius 3 is 2.65 bits per heavy atom. The van der Waals surface area contributed by atoms with E-state index in [0.29, 0.717) is 11.3 Å². The molecule has 5 heteroatoms. The van der Waals surface area contributed by atoms with Crippen molar-refractivity contribution < 1.29 is 9.53 Å². The van der Waals surface area contributed by atoms with Crippen LogP contribution in [0, 0.1) is 17.2 Å². The molecule has 1 amide bonds. The molecule has 106 valence electrons. The summed E-state index contributed by atoms with van der Waals surface area (Å²) in [6, 6.07) is 7.75. The summed E-state index contributed by atoms with van der Waals surface area (Å²) in [5, 5.41) is 11.9. The summed E-state index contributed by atoms with van der Waals surface area (Å²) in [5.41, 5.74) is 0.611. The van der Waals surface area contributed by atoms with Crippen LogP contribution < -0.4 is 10.1 Å². The molecule has 1 aliphatic carbocycles. The first-order chi connectivity index (χ1) is 9.63. The van der Waals surface area contributed by atoms with E-state index in [9.17, 15) is 4.79 Å². The zero-order chi connectivity index (χ0) is 14.5. The fourth-order valence-electron chi connectivity index (χ4n) is 2.44. The van der Waals surface area contributed by atoms with Crippen molar-refractivity contribution in [2.45, 2.75) is 31.7 Å². The van der Waals surface area contributed by atoms with Crippen molar-refractivity contribution in [2.24, 2.45) is 5.92 Å².